The highest BCUT2D eigenvalue weighted by molar-refractivity contribution is 6.35. The number of carbonyl (C=O) groups excluding carboxylic acids is 1. The highest BCUT2D eigenvalue weighted by Crippen LogP contribution is 2.27. The van der Waals surface area contributed by atoms with Gasteiger partial charge in [-0.3, -0.25) is 9.59 Å². The number of likely N-dealkylation sites (N-methyl/N-ethyl adjacent to an activating group) is 1. The van der Waals surface area contributed by atoms with Crippen molar-refractivity contribution in [2.75, 3.05) is 20.2 Å². The minimum atomic E-state index is -0.880. The standard InChI is InChI=1S/C13H15Cl2NO4/c1-16(6-2-3-13(18)19)12(17)8-20-11-5-4-9(14)7-10(11)15/h4-5,7H,2-3,6,8H2,1H3,(H,18,19). The number of amides is 1. The summed E-state index contributed by atoms with van der Waals surface area (Å²) in [5.41, 5.74) is 0. The molecule has 0 saturated carbocycles. The van der Waals surface area contributed by atoms with Gasteiger partial charge in [0.1, 0.15) is 5.75 Å². The molecule has 1 N–H and O–H groups in total. The van der Waals surface area contributed by atoms with E-state index in [2.05, 4.69) is 0 Å². The van der Waals surface area contributed by atoms with Gasteiger partial charge in [0, 0.05) is 25.0 Å². The fourth-order valence-electron chi connectivity index (χ4n) is 1.43. The largest absolute Gasteiger partial charge is 0.482 e. The Balaban J connectivity index is 2.40. The number of halogens is 2. The summed E-state index contributed by atoms with van der Waals surface area (Å²) in [6.07, 6.45) is 0.431. The van der Waals surface area contributed by atoms with E-state index in [1.807, 2.05) is 0 Å². The Morgan fingerprint density at radius 2 is 2.05 bits per heavy atom. The molecule has 0 fully saturated rings. The number of carboxylic acid groups (broad SMARTS) is 1. The van der Waals surface area contributed by atoms with Gasteiger partial charge in [-0.05, 0) is 24.6 Å². The molecule has 1 rings (SSSR count). The van der Waals surface area contributed by atoms with Gasteiger partial charge in [-0.1, -0.05) is 23.2 Å². The van der Waals surface area contributed by atoms with Gasteiger partial charge in [0.15, 0.2) is 6.61 Å². The van der Waals surface area contributed by atoms with Crippen LogP contribution in [0.5, 0.6) is 5.75 Å². The van der Waals surface area contributed by atoms with Gasteiger partial charge >= 0.3 is 5.97 Å². The summed E-state index contributed by atoms with van der Waals surface area (Å²) < 4.78 is 5.30. The first kappa shape index (κ1) is 16.6. The van der Waals surface area contributed by atoms with Crippen LogP contribution in [0.15, 0.2) is 18.2 Å². The van der Waals surface area contributed by atoms with Gasteiger partial charge in [-0.25, -0.2) is 0 Å². The number of carboxylic acids is 1. The third kappa shape index (κ3) is 5.67. The van der Waals surface area contributed by atoms with Crippen LogP contribution >= 0.6 is 23.2 Å². The second kappa shape index (κ2) is 7.97. The lowest BCUT2D eigenvalue weighted by molar-refractivity contribution is -0.138. The minimum Gasteiger partial charge on any atom is -0.482 e. The van der Waals surface area contributed by atoms with Gasteiger partial charge < -0.3 is 14.7 Å². The second-order valence-electron chi connectivity index (χ2n) is 4.18. The molecule has 5 nitrogen and oxygen atoms in total. The van der Waals surface area contributed by atoms with Crippen molar-refractivity contribution in [1.29, 1.82) is 0 Å². The number of carbonyl (C=O) groups is 2. The molecule has 110 valence electrons. The quantitative estimate of drug-likeness (QED) is 0.839. The molecule has 0 aliphatic heterocycles. The molecule has 1 aromatic rings. The highest BCUT2D eigenvalue weighted by Gasteiger charge is 2.11. The number of ether oxygens (including phenoxy) is 1. The highest BCUT2D eigenvalue weighted by atomic mass is 35.5. The lowest BCUT2D eigenvalue weighted by Gasteiger charge is -2.17. The van der Waals surface area contributed by atoms with Crippen molar-refractivity contribution in [2.45, 2.75) is 12.8 Å². The van der Waals surface area contributed by atoms with Crippen LogP contribution in [0, 0.1) is 0 Å². The summed E-state index contributed by atoms with van der Waals surface area (Å²) in [6.45, 7) is 0.202. The molecule has 0 aliphatic rings. The molecule has 7 heteroatoms. The molecular formula is C13H15Cl2NO4. The molecule has 20 heavy (non-hydrogen) atoms. The van der Waals surface area contributed by atoms with E-state index in [1.165, 1.54) is 11.0 Å². The van der Waals surface area contributed by atoms with Gasteiger partial charge in [-0.15, -0.1) is 0 Å². The van der Waals surface area contributed by atoms with Gasteiger partial charge in [0.05, 0.1) is 5.02 Å². The van der Waals surface area contributed by atoms with E-state index in [0.717, 1.165) is 0 Å². The zero-order chi connectivity index (χ0) is 15.1. The van der Waals surface area contributed by atoms with Crippen LogP contribution < -0.4 is 4.74 Å². The van der Waals surface area contributed by atoms with Gasteiger partial charge in [0.25, 0.3) is 5.91 Å². The lowest BCUT2D eigenvalue weighted by atomic mass is 10.3. The monoisotopic (exact) mass is 319 g/mol. The Morgan fingerprint density at radius 1 is 1.35 bits per heavy atom. The topological polar surface area (TPSA) is 66.8 Å². The summed E-state index contributed by atoms with van der Waals surface area (Å²) in [5, 5.41) is 9.33. The molecule has 0 saturated heterocycles. The number of benzene rings is 1. The Kier molecular flexibility index (Phi) is 6.61. The van der Waals surface area contributed by atoms with E-state index in [1.54, 1.807) is 19.2 Å². The van der Waals surface area contributed by atoms with Crippen LogP contribution in [0.1, 0.15) is 12.8 Å². The lowest BCUT2D eigenvalue weighted by Crippen LogP contribution is -2.32. The van der Waals surface area contributed by atoms with Crippen molar-refractivity contribution in [3.8, 4) is 5.75 Å². The number of rotatable bonds is 7. The van der Waals surface area contributed by atoms with Crippen molar-refractivity contribution >= 4 is 35.1 Å². The van der Waals surface area contributed by atoms with Crippen molar-refractivity contribution < 1.29 is 19.4 Å². The van der Waals surface area contributed by atoms with Crippen LogP contribution in [0.3, 0.4) is 0 Å². The number of hydrogen-bond acceptors (Lipinski definition) is 3. The minimum absolute atomic E-state index is 0.0293. The molecule has 0 atom stereocenters. The first-order valence-electron chi connectivity index (χ1n) is 5.93. The normalized spacial score (nSPS) is 10.2. The molecule has 0 unspecified atom stereocenters. The molecule has 0 heterocycles. The molecule has 0 radical (unpaired) electrons. The van der Waals surface area contributed by atoms with E-state index in [-0.39, 0.29) is 18.9 Å². The van der Waals surface area contributed by atoms with Crippen LogP contribution in [0.25, 0.3) is 0 Å². The number of hydrogen-bond donors (Lipinski definition) is 1. The first-order valence-corrected chi connectivity index (χ1v) is 6.69. The van der Waals surface area contributed by atoms with Gasteiger partial charge in [0.2, 0.25) is 0 Å². The molecule has 1 amide bonds. The molecule has 1 aromatic carbocycles. The fraction of sp³-hybridized carbons (Fsp3) is 0.385. The smallest absolute Gasteiger partial charge is 0.303 e. The van der Waals surface area contributed by atoms with Crippen molar-refractivity contribution in [3.05, 3.63) is 28.2 Å². The van der Waals surface area contributed by atoms with Gasteiger partial charge in [-0.2, -0.15) is 0 Å². The number of nitrogens with zero attached hydrogens (tertiary/aromatic N) is 1. The maximum Gasteiger partial charge on any atom is 0.303 e. The van der Waals surface area contributed by atoms with E-state index in [0.29, 0.717) is 28.8 Å². The van der Waals surface area contributed by atoms with E-state index < -0.39 is 5.97 Å². The molecule has 0 bridgehead atoms. The molecule has 0 spiro atoms. The Bertz CT molecular complexity index is 493. The van der Waals surface area contributed by atoms with Crippen molar-refractivity contribution in [3.63, 3.8) is 0 Å². The Morgan fingerprint density at radius 3 is 2.65 bits per heavy atom. The molecule has 0 aromatic heterocycles. The number of aliphatic carboxylic acids is 1. The third-order valence-electron chi connectivity index (χ3n) is 2.55. The van der Waals surface area contributed by atoms with Crippen LogP contribution in [0.2, 0.25) is 10.0 Å². The van der Waals surface area contributed by atoms with Crippen LogP contribution in [-0.4, -0.2) is 42.1 Å². The molecular weight excluding hydrogens is 305 g/mol. The summed E-state index contributed by atoms with van der Waals surface area (Å²) in [5.74, 6) is -0.750. The Labute approximate surface area is 127 Å². The Hall–Kier alpha value is -1.46. The SMILES string of the molecule is CN(CCCC(=O)O)C(=O)COc1ccc(Cl)cc1Cl. The summed E-state index contributed by atoms with van der Waals surface area (Å²) >= 11 is 11.7. The predicted octanol–water partition coefficient (Wildman–Crippen LogP) is 2.70. The van der Waals surface area contributed by atoms with E-state index in [4.69, 9.17) is 33.0 Å². The average molecular weight is 320 g/mol. The van der Waals surface area contributed by atoms with Crippen molar-refractivity contribution in [1.82, 2.24) is 4.90 Å². The summed E-state index contributed by atoms with van der Waals surface area (Å²) in [7, 11) is 1.59. The maximum absolute atomic E-state index is 11.8. The van der Waals surface area contributed by atoms with Crippen molar-refractivity contribution in [2.24, 2.45) is 0 Å². The second-order valence-corrected chi connectivity index (χ2v) is 5.02. The zero-order valence-electron chi connectivity index (χ0n) is 10.9. The average Bonchev–Trinajstić information content (AvgIpc) is 2.36. The van der Waals surface area contributed by atoms with E-state index >= 15 is 0 Å². The van der Waals surface area contributed by atoms with E-state index in [9.17, 15) is 9.59 Å². The first-order chi connectivity index (χ1) is 9.40. The van der Waals surface area contributed by atoms with Crippen LogP contribution in [0.4, 0.5) is 0 Å². The molecule has 0 aliphatic carbocycles. The predicted molar refractivity (Wildman–Crippen MR) is 76.5 cm³/mol. The fourth-order valence-corrected chi connectivity index (χ4v) is 1.90. The summed E-state index contributed by atoms with van der Waals surface area (Å²) in [4.78, 5) is 23.6. The van der Waals surface area contributed by atoms with Crippen LogP contribution in [-0.2, 0) is 9.59 Å². The zero-order valence-corrected chi connectivity index (χ0v) is 12.4. The summed E-state index contributed by atoms with van der Waals surface area (Å²) in [6, 6.07) is 4.73. The third-order valence-corrected chi connectivity index (χ3v) is 3.09. The maximum atomic E-state index is 11.8.